The van der Waals surface area contributed by atoms with Gasteiger partial charge in [0.25, 0.3) is 0 Å². The van der Waals surface area contributed by atoms with E-state index in [-0.39, 0.29) is 0 Å². The van der Waals surface area contributed by atoms with Crippen LogP contribution in [-0.4, -0.2) is 36.7 Å². The molecule has 0 bridgehead atoms. The Morgan fingerprint density at radius 1 is 1.37 bits per heavy atom. The van der Waals surface area contributed by atoms with Gasteiger partial charge in [-0.1, -0.05) is 13.3 Å². The maximum atomic E-state index is 4.48. The van der Waals surface area contributed by atoms with E-state index in [1.807, 2.05) is 18.2 Å². The lowest BCUT2D eigenvalue weighted by Crippen LogP contribution is -2.01. The van der Waals surface area contributed by atoms with Gasteiger partial charge >= 0.3 is 0 Å². The fourth-order valence-corrected chi connectivity index (χ4v) is 1.89. The molecular formula is C12H15N7. The number of hydrogen-bond acceptors (Lipinski definition) is 5. The van der Waals surface area contributed by atoms with Gasteiger partial charge in [0.2, 0.25) is 5.95 Å². The van der Waals surface area contributed by atoms with Crippen LogP contribution >= 0.6 is 0 Å². The number of anilines is 1. The van der Waals surface area contributed by atoms with Crippen molar-refractivity contribution in [1.82, 2.24) is 30.2 Å². The molecule has 1 aromatic carbocycles. The summed E-state index contributed by atoms with van der Waals surface area (Å²) in [5, 5.41) is 14.4. The molecule has 7 heteroatoms. The maximum absolute atomic E-state index is 4.48. The van der Waals surface area contributed by atoms with Gasteiger partial charge in [0.05, 0.1) is 16.7 Å². The summed E-state index contributed by atoms with van der Waals surface area (Å²) in [4.78, 5) is 7.73. The lowest BCUT2D eigenvalue weighted by Gasteiger charge is -1.99. The largest absolute Gasteiger partial charge is 0.356 e. The molecule has 0 aliphatic rings. The topological polar surface area (TPSA) is 84.3 Å². The number of nitrogens with one attached hydrogen (secondary N) is 2. The van der Waals surface area contributed by atoms with Crippen molar-refractivity contribution in [1.29, 1.82) is 0 Å². The second-order valence-electron chi connectivity index (χ2n) is 4.32. The number of tetrazole rings is 1. The average molecular weight is 257 g/mol. The number of aromatic nitrogens is 6. The maximum Gasteiger partial charge on any atom is 0.201 e. The van der Waals surface area contributed by atoms with E-state index in [0.29, 0.717) is 0 Å². The normalized spacial score (nSPS) is 11.0. The minimum absolute atomic E-state index is 0.803. The molecule has 0 atom stereocenters. The van der Waals surface area contributed by atoms with Crippen molar-refractivity contribution >= 4 is 17.0 Å². The lowest BCUT2D eigenvalue weighted by atomic mass is 10.3. The zero-order chi connectivity index (χ0) is 13.1. The van der Waals surface area contributed by atoms with Crippen molar-refractivity contribution in [2.24, 2.45) is 0 Å². The van der Waals surface area contributed by atoms with E-state index in [2.05, 4.69) is 37.7 Å². The zero-order valence-electron chi connectivity index (χ0n) is 10.7. The van der Waals surface area contributed by atoms with Gasteiger partial charge in [0.1, 0.15) is 6.33 Å². The number of rotatable bonds is 5. The van der Waals surface area contributed by atoms with Gasteiger partial charge in [-0.25, -0.2) is 9.67 Å². The molecule has 0 unspecified atom stereocenters. The molecule has 0 saturated carbocycles. The molecule has 2 heterocycles. The minimum atomic E-state index is 0.803. The Morgan fingerprint density at radius 3 is 3.11 bits per heavy atom. The van der Waals surface area contributed by atoms with E-state index < -0.39 is 0 Å². The van der Waals surface area contributed by atoms with Crippen LogP contribution in [-0.2, 0) is 0 Å². The first-order chi connectivity index (χ1) is 9.36. The summed E-state index contributed by atoms with van der Waals surface area (Å²) in [6, 6.07) is 5.87. The number of hydrogen-bond donors (Lipinski definition) is 2. The van der Waals surface area contributed by atoms with E-state index in [4.69, 9.17) is 0 Å². The van der Waals surface area contributed by atoms with E-state index in [9.17, 15) is 0 Å². The van der Waals surface area contributed by atoms with Crippen LogP contribution in [0.3, 0.4) is 0 Å². The molecule has 19 heavy (non-hydrogen) atoms. The smallest absolute Gasteiger partial charge is 0.201 e. The minimum Gasteiger partial charge on any atom is -0.356 e. The summed E-state index contributed by atoms with van der Waals surface area (Å²) >= 11 is 0. The fourth-order valence-electron chi connectivity index (χ4n) is 1.89. The number of fused-ring (bicyclic) bond motifs is 1. The summed E-state index contributed by atoms with van der Waals surface area (Å²) in [6.45, 7) is 3.09. The van der Waals surface area contributed by atoms with Crippen LogP contribution in [0.15, 0.2) is 24.5 Å². The van der Waals surface area contributed by atoms with Gasteiger partial charge in [0.15, 0.2) is 0 Å². The number of benzene rings is 1. The van der Waals surface area contributed by atoms with Crippen LogP contribution < -0.4 is 5.32 Å². The molecule has 0 fully saturated rings. The highest BCUT2D eigenvalue weighted by Crippen LogP contribution is 2.17. The van der Waals surface area contributed by atoms with Crippen LogP contribution in [0.25, 0.3) is 16.7 Å². The fraction of sp³-hybridized carbons (Fsp3) is 0.333. The Balaban J connectivity index is 1.87. The summed E-state index contributed by atoms with van der Waals surface area (Å²) < 4.78 is 1.62. The Morgan fingerprint density at radius 2 is 2.32 bits per heavy atom. The van der Waals surface area contributed by atoms with Crippen LogP contribution in [0.5, 0.6) is 0 Å². The number of nitrogens with zero attached hydrogens (tertiary/aromatic N) is 5. The molecule has 0 aliphatic heterocycles. The second kappa shape index (κ2) is 5.05. The molecule has 0 aliphatic carbocycles. The van der Waals surface area contributed by atoms with Gasteiger partial charge in [0, 0.05) is 6.54 Å². The summed E-state index contributed by atoms with van der Waals surface area (Å²) in [5.41, 5.74) is 2.80. The first kappa shape index (κ1) is 11.6. The third-order valence-corrected chi connectivity index (χ3v) is 2.90. The molecule has 0 saturated heterocycles. The van der Waals surface area contributed by atoms with E-state index in [1.54, 1.807) is 11.0 Å². The Hall–Kier alpha value is -2.44. The van der Waals surface area contributed by atoms with Crippen molar-refractivity contribution in [3.63, 3.8) is 0 Å². The summed E-state index contributed by atoms with van der Waals surface area (Å²) in [6.07, 6.45) is 3.86. The number of imidazole rings is 1. The molecule has 2 aromatic heterocycles. The molecule has 2 N–H and O–H groups in total. The molecule has 0 spiro atoms. The molecule has 0 amide bonds. The zero-order valence-corrected chi connectivity index (χ0v) is 10.7. The van der Waals surface area contributed by atoms with Crippen LogP contribution in [0.4, 0.5) is 5.95 Å². The Bertz CT molecular complexity index is 656. The van der Waals surface area contributed by atoms with Crippen LogP contribution in [0, 0.1) is 0 Å². The van der Waals surface area contributed by atoms with Gasteiger partial charge in [-0.3, -0.25) is 0 Å². The molecule has 7 nitrogen and oxygen atoms in total. The van der Waals surface area contributed by atoms with Crippen molar-refractivity contribution < 1.29 is 0 Å². The van der Waals surface area contributed by atoms with Crippen molar-refractivity contribution in [2.75, 3.05) is 11.9 Å². The van der Waals surface area contributed by atoms with E-state index >= 15 is 0 Å². The quantitative estimate of drug-likeness (QED) is 0.680. The average Bonchev–Trinajstić information content (AvgIpc) is 3.07. The molecule has 3 aromatic rings. The van der Waals surface area contributed by atoms with Gasteiger partial charge in [-0.05, 0) is 35.0 Å². The van der Waals surface area contributed by atoms with Gasteiger partial charge < -0.3 is 10.3 Å². The predicted molar refractivity (Wildman–Crippen MR) is 72.2 cm³/mol. The number of aromatic amines is 1. The molecule has 3 rings (SSSR count). The third kappa shape index (κ3) is 2.40. The molecule has 98 valence electrons. The van der Waals surface area contributed by atoms with E-state index in [1.165, 1.54) is 0 Å². The van der Waals surface area contributed by atoms with Crippen molar-refractivity contribution in [3.8, 4) is 5.69 Å². The predicted octanol–water partition coefficient (Wildman–Crippen LogP) is 1.75. The van der Waals surface area contributed by atoms with Crippen molar-refractivity contribution in [3.05, 3.63) is 24.5 Å². The SMILES string of the molecule is CCCCNc1nc2ccc(-n3cnnn3)cc2[nH]1. The standard InChI is InChI=1S/C12H15N7/c1-2-3-6-13-12-15-10-5-4-9(7-11(10)16-12)19-8-14-17-18-19/h4-5,7-8H,2-3,6H2,1H3,(H2,13,15,16). The number of H-pyrrole nitrogens is 1. The highest BCUT2D eigenvalue weighted by molar-refractivity contribution is 5.79. The Kier molecular flexibility index (Phi) is 3.09. The first-order valence-electron chi connectivity index (χ1n) is 6.34. The monoisotopic (exact) mass is 257 g/mol. The summed E-state index contributed by atoms with van der Waals surface area (Å²) in [7, 11) is 0. The number of unbranched alkanes of at least 4 members (excludes halogenated alkanes) is 1. The second-order valence-corrected chi connectivity index (χ2v) is 4.32. The van der Waals surface area contributed by atoms with Gasteiger partial charge in [-0.2, -0.15) is 0 Å². The highest BCUT2D eigenvalue weighted by Gasteiger charge is 2.05. The first-order valence-corrected chi connectivity index (χ1v) is 6.34. The van der Waals surface area contributed by atoms with Crippen molar-refractivity contribution in [2.45, 2.75) is 19.8 Å². The van der Waals surface area contributed by atoms with Crippen LogP contribution in [0.1, 0.15) is 19.8 Å². The molecule has 0 radical (unpaired) electrons. The van der Waals surface area contributed by atoms with E-state index in [0.717, 1.165) is 42.1 Å². The molecular weight excluding hydrogens is 242 g/mol. The lowest BCUT2D eigenvalue weighted by molar-refractivity contribution is 0.790. The van der Waals surface area contributed by atoms with Crippen LogP contribution in [0.2, 0.25) is 0 Å². The summed E-state index contributed by atoms with van der Waals surface area (Å²) in [5.74, 6) is 0.803. The highest BCUT2D eigenvalue weighted by atomic mass is 15.5. The Labute approximate surface area is 110 Å². The third-order valence-electron chi connectivity index (χ3n) is 2.90. The van der Waals surface area contributed by atoms with Gasteiger partial charge in [-0.15, -0.1) is 5.10 Å².